The molecule has 0 bridgehead atoms. The normalized spacial score (nSPS) is 14.3. The summed E-state index contributed by atoms with van der Waals surface area (Å²) in [6.45, 7) is 69.7. The minimum Gasteiger partial charge on any atom is -0.311 e. The van der Waals surface area contributed by atoms with Crippen molar-refractivity contribution in [1.29, 1.82) is 0 Å². The first kappa shape index (κ1) is 95.4. The molecule has 0 saturated heterocycles. The van der Waals surface area contributed by atoms with Gasteiger partial charge in [-0.15, -0.1) is 0 Å². The number of benzene rings is 16. The van der Waals surface area contributed by atoms with Gasteiger partial charge in [-0.2, -0.15) is 0 Å². The number of anilines is 18. The highest BCUT2D eigenvalue weighted by Crippen LogP contribution is 2.54. The lowest BCUT2D eigenvalue weighted by Crippen LogP contribution is -2.61. The smallest absolute Gasteiger partial charge is 0.252 e. The Hall–Kier alpha value is -13.5. The second-order valence-corrected chi connectivity index (χ2v) is 51.9. The lowest BCUT2D eigenvalue weighted by molar-refractivity contribution is 0.590. The van der Waals surface area contributed by atoms with Gasteiger partial charge >= 0.3 is 0 Å². The Kier molecular flexibility index (Phi) is 22.0. The predicted octanol–water partition coefficient (Wildman–Crippen LogP) is 31.5. The highest BCUT2D eigenvalue weighted by atomic mass is 15.2. The third kappa shape index (κ3) is 16.3. The zero-order valence-electron chi connectivity index (χ0n) is 90.9. The molecule has 0 saturated carbocycles. The largest absolute Gasteiger partial charge is 0.311 e. The van der Waals surface area contributed by atoms with Gasteiger partial charge in [0.1, 0.15) is 0 Å². The minimum absolute atomic E-state index is 0.0269. The topological polar surface area (TPSA) is 19.4 Å². The van der Waals surface area contributed by atoms with Crippen LogP contribution < -0.4 is 78.6 Å². The van der Waals surface area contributed by atoms with Crippen molar-refractivity contribution in [1.82, 2.24) is 0 Å². The zero-order valence-corrected chi connectivity index (χ0v) is 90.9. The van der Waals surface area contributed by atoms with Crippen LogP contribution in [-0.4, -0.2) is 20.1 Å². The first-order valence-corrected chi connectivity index (χ1v) is 52.7. The van der Waals surface area contributed by atoms with Gasteiger partial charge in [-0.1, -0.05) is 333 Å². The quantitative estimate of drug-likeness (QED) is 0.133. The number of fused-ring (bicyclic) bond motifs is 12. The van der Waals surface area contributed by atoms with Crippen molar-refractivity contribution < 1.29 is 0 Å². The maximum absolute atomic E-state index is 2.63. The number of hydrogen-bond donors (Lipinski definition) is 0. The summed E-state index contributed by atoms with van der Waals surface area (Å²) in [7, 11) is 0. The number of rotatable bonds is 9. The van der Waals surface area contributed by atoms with Crippen LogP contribution in [0, 0.1) is 20.8 Å². The Morgan fingerprint density at radius 2 is 0.285 bits per heavy atom. The zero-order chi connectivity index (χ0) is 102. The molecule has 16 aromatic carbocycles. The molecule has 0 amide bonds. The molecule has 720 valence electrons. The lowest BCUT2D eigenvalue weighted by Gasteiger charge is -2.45. The fourth-order valence-corrected chi connectivity index (χ4v) is 23.8. The summed E-state index contributed by atoms with van der Waals surface area (Å²) in [5.41, 5.74) is 54.4. The van der Waals surface area contributed by atoms with Crippen LogP contribution in [0.15, 0.2) is 309 Å². The van der Waals surface area contributed by atoms with E-state index < -0.39 is 0 Å². The van der Waals surface area contributed by atoms with E-state index in [1.54, 1.807) is 0 Å². The van der Waals surface area contributed by atoms with E-state index in [2.05, 4.69) is 546 Å². The van der Waals surface area contributed by atoms with Gasteiger partial charge in [0.25, 0.3) is 20.1 Å². The molecular weight excluding hydrogens is 1740 g/mol. The SMILES string of the molecule is Cc1cc2c3c(c1)N(c1ccc(C(C)(C)C)cc1)c1ccc(C(C)(C)C)cc1B3c1cc(-c3cc(-c4ccc5c(c4)B4c6cc(C(C)(C)C)ccc6N(c6ccc(C(C)(C)C)cc6)c6cc(C)cc(c64)N5c4ccc(C(C)(C)C)cc4)cc(-c4ccc5c(c4)B4c6cc(C(C)(C)C)ccc6N(c6ccc(C(C)(C)C)cc6)c6cc(C)cc(c64)N5c4ccc(C(C)(C)C)cc4)c3)ccc1N2c1ccc(C(C)(C)C)cc1. The summed E-state index contributed by atoms with van der Waals surface area (Å²) in [5, 5.41) is 0. The molecule has 0 unspecified atom stereocenters. The number of aryl methyl sites for hydroxylation is 3. The van der Waals surface area contributed by atoms with Gasteiger partial charge in [-0.3, -0.25) is 0 Å². The van der Waals surface area contributed by atoms with Crippen molar-refractivity contribution in [2.45, 2.75) is 256 Å². The molecule has 6 nitrogen and oxygen atoms in total. The lowest BCUT2D eigenvalue weighted by atomic mass is 9.33. The molecule has 6 heterocycles. The van der Waals surface area contributed by atoms with Crippen LogP contribution >= 0.6 is 0 Å². The first-order valence-electron chi connectivity index (χ1n) is 52.7. The Labute approximate surface area is 861 Å². The maximum Gasteiger partial charge on any atom is 0.252 e. The van der Waals surface area contributed by atoms with Crippen molar-refractivity contribution in [2.24, 2.45) is 0 Å². The van der Waals surface area contributed by atoms with Gasteiger partial charge in [0.15, 0.2) is 0 Å². The van der Waals surface area contributed by atoms with E-state index in [4.69, 9.17) is 0 Å². The summed E-state index contributed by atoms with van der Waals surface area (Å²) >= 11 is 0. The van der Waals surface area contributed by atoms with E-state index in [1.165, 1.54) is 184 Å². The first-order chi connectivity index (χ1) is 67.8. The second-order valence-electron chi connectivity index (χ2n) is 51.9. The number of nitrogens with zero attached hydrogens (tertiary/aromatic N) is 6. The highest BCUT2D eigenvalue weighted by molar-refractivity contribution is 7.02. The van der Waals surface area contributed by atoms with Crippen LogP contribution in [0.1, 0.15) is 254 Å². The summed E-state index contributed by atoms with van der Waals surface area (Å²) in [6.07, 6.45) is 0. The molecule has 0 spiro atoms. The molecule has 16 aromatic rings. The second kappa shape index (κ2) is 33.3. The standard InChI is InChI=1S/C135H141B3N6/c1-82-67-118-124-121(70-82)142(103-55-40-94(41-56-103)130(13,14)15)115-64-46-97(133(22,23)24)79-109(115)136(124)106-76-85(31-61-112(106)139(118)100-49-34-91(35-50-100)127(4,5)6)88-73-89(86-32-62-113-107(77-86)137-110-80-98(134(25,26)27)47-65-116(110)143(104-57-42-95(43-58-104)131(16,17)18)122-71-83(2)68-119(125(122)137)140(113)101-51-36-92(37-52-101)128(7,8)9)75-90(74-88)87-33-63-114-108(78-87)138-111-81-99(135(28,29)30)48-66-117(111)144(105-59-44-96(45-60-105)132(19,20)21)123-72-84(3)69-120(126(123)138)141(114)102-53-38-93(39-54-102)129(10,11)12/h31-81H,1-30H3. The van der Waals surface area contributed by atoms with E-state index in [1.807, 2.05) is 0 Å². The maximum atomic E-state index is 2.63. The van der Waals surface area contributed by atoms with E-state index >= 15 is 0 Å². The molecule has 0 aromatic heterocycles. The average Bonchev–Trinajstić information content (AvgIpc) is 0.700. The van der Waals surface area contributed by atoms with Gasteiger partial charge in [-0.25, -0.2) is 0 Å². The van der Waals surface area contributed by atoms with Crippen LogP contribution in [0.25, 0.3) is 33.4 Å². The third-order valence-corrected chi connectivity index (χ3v) is 32.1. The van der Waals surface area contributed by atoms with E-state index in [-0.39, 0.29) is 68.9 Å². The Balaban J connectivity index is 0.823. The van der Waals surface area contributed by atoms with Crippen molar-refractivity contribution in [3.05, 3.63) is 376 Å². The number of hydrogen-bond acceptors (Lipinski definition) is 6. The summed E-state index contributed by atoms with van der Waals surface area (Å²) in [6, 6.07) is 125. The van der Waals surface area contributed by atoms with Crippen LogP contribution in [0.4, 0.5) is 102 Å². The fraction of sp³-hybridized carbons (Fsp3) is 0.289. The monoisotopic (exact) mass is 1880 g/mol. The molecule has 6 aliphatic rings. The van der Waals surface area contributed by atoms with Crippen LogP contribution in [-0.2, 0) is 48.7 Å². The molecule has 22 rings (SSSR count). The van der Waals surface area contributed by atoms with Gasteiger partial charge in [0.05, 0.1) is 0 Å². The molecule has 0 N–H and O–H groups in total. The van der Waals surface area contributed by atoms with Crippen molar-refractivity contribution in [3.63, 3.8) is 0 Å². The molecule has 0 aliphatic carbocycles. The van der Waals surface area contributed by atoms with Crippen LogP contribution in [0.5, 0.6) is 0 Å². The predicted molar refractivity (Wildman–Crippen MR) is 627 cm³/mol. The molecule has 6 aliphatic heterocycles. The molecular formula is C135H141B3N6. The van der Waals surface area contributed by atoms with Gasteiger partial charge < -0.3 is 29.4 Å². The van der Waals surface area contributed by atoms with E-state index in [0.29, 0.717) is 0 Å². The van der Waals surface area contributed by atoms with Crippen LogP contribution in [0.3, 0.4) is 0 Å². The highest BCUT2D eigenvalue weighted by Gasteiger charge is 2.50. The van der Waals surface area contributed by atoms with Crippen molar-refractivity contribution in [2.75, 3.05) is 29.4 Å². The summed E-state index contributed by atoms with van der Waals surface area (Å²) in [4.78, 5) is 15.6. The molecule has 9 heteroatoms. The van der Waals surface area contributed by atoms with Crippen LogP contribution in [0.2, 0.25) is 0 Å². The Bertz CT molecular complexity index is 7080. The summed E-state index contributed by atoms with van der Waals surface area (Å²) in [5.74, 6) is 0. The fourth-order valence-electron chi connectivity index (χ4n) is 23.8. The Morgan fingerprint density at radius 1 is 0.139 bits per heavy atom. The third-order valence-electron chi connectivity index (χ3n) is 32.1. The molecule has 144 heavy (non-hydrogen) atoms. The van der Waals surface area contributed by atoms with Gasteiger partial charge in [0, 0.05) is 102 Å². The van der Waals surface area contributed by atoms with Gasteiger partial charge in [0.2, 0.25) is 0 Å². The van der Waals surface area contributed by atoms with Gasteiger partial charge in [-0.05, 0) is 383 Å². The van der Waals surface area contributed by atoms with E-state index in [0.717, 1.165) is 67.5 Å². The van der Waals surface area contributed by atoms with Crippen molar-refractivity contribution in [3.8, 4) is 33.4 Å². The average molecular weight is 1880 g/mol. The summed E-state index contributed by atoms with van der Waals surface area (Å²) < 4.78 is 0. The van der Waals surface area contributed by atoms with Crippen molar-refractivity contribution >= 4 is 172 Å². The minimum atomic E-state index is -0.165. The molecule has 0 fully saturated rings. The molecule has 0 atom stereocenters. The van der Waals surface area contributed by atoms with E-state index in [9.17, 15) is 0 Å². The molecule has 0 radical (unpaired) electrons. The Morgan fingerprint density at radius 3 is 0.444 bits per heavy atom.